The molecular formula is C21H24N4O3S2. The quantitative estimate of drug-likeness (QED) is 0.462. The summed E-state index contributed by atoms with van der Waals surface area (Å²) in [6, 6.07) is 15.5. The fourth-order valence-corrected chi connectivity index (χ4v) is 5.00. The second-order valence-electron chi connectivity index (χ2n) is 7.24. The molecule has 0 radical (unpaired) electrons. The number of hydrogen-bond donors (Lipinski definition) is 2. The second-order valence-corrected chi connectivity index (χ2v) is 10.4. The standard InChI is InChI=1S/C21H24N4O3S2/c1-14(29-20(23-4)21(2,3)27)30(22,28)24-19(26)13-25-17-11-7-5-9-15(17)16-10-6-8-12-18(16)25/h5-12,27H,1,13H2,2-4H3,(H2,22,24,26,28)/b23-20-/t30-/m1/s1. The molecule has 3 rings (SSSR count). The van der Waals surface area contributed by atoms with Crippen LogP contribution < -0.4 is 5.14 Å². The number of nitrogens with zero attached hydrogens (tertiary/aromatic N) is 3. The lowest BCUT2D eigenvalue weighted by Crippen LogP contribution is -2.29. The molecule has 0 unspecified atom stereocenters. The van der Waals surface area contributed by atoms with Crippen LogP contribution in [0.1, 0.15) is 13.8 Å². The Kier molecular flexibility index (Phi) is 6.19. The van der Waals surface area contributed by atoms with E-state index >= 15 is 0 Å². The molecule has 1 heterocycles. The minimum atomic E-state index is -3.55. The Morgan fingerprint density at radius 1 is 1.17 bits per heavy atom. The number of aromatic nitrogens is 1. The van der Waals surface area contributed by atoms with Crippen molar-refractivity contribution < 1.29 is 14.1 Å². The number of hydrogen-bond acceptors (Lipinski definition) is 5. The summed E-state index contributed by atoms with van der Waals surface area (Å²) in [7, 11) is -2.05. The third-order valence-electron chi connectivity index (χ3n) is 4.47. The van der Waals surface area contributed by atoms with Gasteiger partial charge in [-0.05, 0) is 26.0 Å². The Balaban J connectivity index is 1.93. The van der Waals surface area contributed by atoms with Crippen LogP contribution in [0.15, 0.2) is 68.7 Å². The summed E-state index contributed by atoms with van der Waals surface area (Å²) in [5.41, 5.74) is 0.494. The topological polar surface area (TPSA) is 110 Å². The monoisotopic (exact) mass is 444 g/mol. The van der Waals surface area contributed by atoms with E-state index < -0.39 is 21.4 Å². The van der Waals surface area contributed by atoms with E-state index in [4.69, 9.17) is 5.14 Å². The lowest BCUT2D eigenvalue weighted by Gasteiger charge is -2.20. The minimum Gasteiger partial charge on any atom is -0.384 e. The molecule has 30 heavy (non-hydrogen) atoms. The second kappa shape index (κ2) is 8.35. The van der Waals surface area contributed by atoms with Gasteiger partial charge >= 0.3 is 0 Å². The van der Waals surface area contributed by atoms with Crippen LogP contribution in [0.3, 0.4) is 0 Å². The van der Waals surface area contributed by atoms with Crippen LogP contribution in [0.4, 0.5) is 0 Å². The van der Waals surface area contributed by atoms with Crippen molar-refractivity contribution in [2.45, 2.75) is 26.0 Å². The van der Waals surface area contributed by atoms with Gasteiger partial charge in [-0.25, -0.2) is 9.35 Å². The minimum absolute atomic E-state index is 0.0409. The molecule has 1 amide bonds. The average molecular weight is 445 g/mol. The van der Waals surface area contributed by atoms with Crippen molar-refractivity contribution in [3.05, 3.63) is 59.3 Å². The van der Waals surface area contributed by atoms with Crippen molar-refractivity contribution in [3.63, 3.8) is 0 Å². The van der Waals surface area contributed by atoms with Crippen LogP contribution in [-0.4, -0.2) is 37.5 Å². The number of benzene rings is 2. The van der Waals surface area contributed by atoms with Crippen LogP contribution in [0.25, 0.3) is 21.8 Å². The summed E-state index contributed by atoms with van der Waals surface area (Å²) in [5, 5.41) is 18.3. The Morgan fingerprint density at radius 3 is 2.13 bits per heavy atom. The van der Waals surface area contributed by atoms with Gasteiger partial charge in [-0.1, -0.05) is 54.7 Å². The highest BCUT2D eigenvalue weighted by atomic mass is 32.3. The molecule has 3 aromatic rings. The molecule has 0 aliphatic rings. The summed E-state index contributed by atoms with van der Waals surface area (Å²) in [6.07, 6.45) is 0. The van der Waals surface area contributed by atoms with E-state index in [1.165, 1.54) is 7.05 Å². The number of rotatable bonds is 5. The number of thioether (sulfide) groups is 1. The maximum absolute atomic E-state index is 12.9. The van der Waals surface area contributed by atoms with Crippen molar-refractivity contribution in [1.29, 1.82) is 0 Å². The van der Waals surface area contributed by atoms with Gasteiger partial charge in [-0.3, -0.25) is 9.79 Å². The number of aliphatic imine (C=N–C) groups is 1. The first-order valence-electron chi connectivity index (χ1n) is 9.14. The molecule has 158 valence electrons. The average Bonchev–Trinajstić information content (AvgIpc) is 2.98. The smallest absolute Gasteiger partial charge is 0.274 e. The lowest BCUT2D eigenvalue weighted by molar-refractivity contribution is -0.118. The molecule has 0 aliphatic heterocycles. The van der Waals surface area contributed by atoms with Crippen LogP contribution in [-0.2, 0) is 21.3 Å². The van der Waals surface area contributed by atoms with Gasteiger partial charge in [-0.2, -0.15) is 0 Å². The van der Waals surface area contributed by atoms with Gasteiger partial charge < -0.3 is 9.67 Å². The summed E-state index contributed by atoms with van der Waals surface area (Å²) in [6.45, 7) is 6.67. The van der Waals surface area contributed by atoms with E-state index in [2.05, 4.69) is 15.9 Å². The van der Waals surface area contributed by atoms with Crippen molar-refractivity contribution >= 4 is 54.4 Å². The van der Waals surface area contributed by atoms with Gasteiger partial charge in [0.25, 0.3) is 5.91 Å². The lowest BCUT2D eigenvalue weighted by atomic mass is 10.2. The first kappa shape index (κ1) is 22.2. The Labute approximate surface area is 180 Å². The summed E-state index contributed by atoms with van der Waals surface area (Å²) < 4.78 is 18.4. The molecule has 1 aromatic heterocycles. The predicted octanol–water partition coefficient (Wildman–Crippen LogP) is 3.67. The SMILES string of the molecule is C=C(S/C(=N\C)C(C)(C)O)[S@](N)(=O)=NC(=O)Cn1c2ccccc2c2ccccc21. The summed E-state index contributed by atoms with van der Waals surface area (Å²) in [5.74, 6) is -0.631. The highest BCUT2D eigenvalue weighted by Gasteiger charge is 2.25. The van der Waals surface area contributed by atoms with Crippen molar-refractivity contribution in [1.82, 2.24) is 4.57 Å². The molecule has 3 N–H and O–H groups in total. The van der Waals surface area contributed by atoms with E-state index in [0.717, 1.165) is 33.6 Å². The van der Waals surface area contributed by atoms with Gasteiger partial charge in [0, 0.05) is 28.9 Å². The number of nitrogens with two attached hydrogens (primary N) is 1. The highest BCUT2D eigenvalue weighted by Crippen LogP contribution is 2.29. The van der Waals surface area contributed by atoms with E-state index in [9.17, 15) is 14.1 Å². The van der Waals surface area contributed by atoms with Crippen LogP contribution in [0.5, 0.6) is 0 Å². The van der Waals surface area contributed by atoms with Crippen molar-refractivity contribution in [3.8, 4) is 0 Å². The molecule has 9 heteroatoms. The van der Waals surface area contributed by atoms with E-state index in [0.29, 0.717) is 0 Å². The number of para-hydroxylation sites is 2. The molecule has 0 saturated heterocycles. The maximum atomic E-state index is 12.9. The zero-order chi connectivity index (χ0) is 22.1. The maximum Gasteiger partial charge on any atom is 0.274 e. The number of fused-ring (bicyclic) bond motifs is 3. The Hall–Kier alpha value is -2.46. The normalized spacial score (nSPS) is 14.6. The third-order valence-corrected chi connectivity index (χ3v) is 7.67. The molecular weight excluding hydrogens is 420 g/mol. The zero-order valence-electron chi connectivity index (χ0n) is 17.0. The van der Waals surface area contributed by atoms with E-state index in [-0.39, 0.29) is 15.8 Å². The summed E-state index contributed by atoms with van der Waals surface area (Å²) >= 11 is 0.866. The third kappa shape index (κ3) is 4.49. The van der Waals surface area contributed by atoms with Gasteiger partial charge in [0.05, 0.1) is 4.24 Å². The molecule has 2 aromatic carbocycles. The van der Waals surface area contributed by atoms with Crippen LogP contribution in [0.2, 0.25) is 0 Å². The van der Waals surface area contributed by atoms with Crippen LogP contribution in [0, 0.1) is 0 Å². The van der Waals surface area contributed by atoms with Crippen molar-refractivity contribution in [2.24, 2.45) is 14.5 Å². The van der Waals surface area contributed by atoms with Gasteiger partial charge in [0.15, 0.2) is 0 Å². The van der Waals surface area contributed by atoms with E-state index in [1.54, 1.807) is 13.8 Å². The number of aliphatic hydroxyl groups is 1. The first-order valence-corrected chi connectivity index (χ1v) is 11.5. The molecule has 0 aliphatic carbocycles. The van der Waals surface area contributed by atoms with Gasteiger partial charge in [-0.15, -0.1) is 4.36 Å². The Morgan fingerprint density at radius 2 is 1.67 bits per heavy atom. The first-order chi connectivity index (χ1) is 14.0. The fourth-order valence-electron chi connectivity index (χ4n) is 3.15. The molecule has 1 atom stereocenters. The number of amides is 1. The molecule has 0 fully saturated rings. The number of carbonyl (C=O) groups is 1. The molecule has 7 nitrogen and oxygen atoms in total. The summed E-state index contributed by atoms with van der Waals surface area (Å²) in [4.78, 5) is 16.7. The predicted molar refractivity (Wildman–Crippen MR) is 126 cm³/mol. The number of carbonyl (C=O) groups excluding carboxylic acids is 1. The van der Waals surface area contributed by atoms with Crippen molar-refractivity contribution in [2.75, 3.05) is 7.05 Å². The molecule has 0 spiro atoms. The van der Waals surface area contributed by atoms with Gasteiger partial charge in [0.2, 0.25) is 0 Å². The zero-order valence-corrected chi connectivity index (χ0v) is 18.7. The van der Waals surface area contributed by atoms with Gasteiger partial charge in [0.1, 0.15) is 27.1 Å². The molecule has 0 saturated carbocycles. The fraction of sp³-hybridized carbons (Fsp3) is 0.238. The van der Waals surface area contributed by atoms with E-state index in [1.807, 2.05) is 53.1 Å². The molecule has 0 bridgehead atoms. The highest BCUT2D eigenvalue weighted by molar-refractivity contribution is 8.27. The largest absolute Gasteiger partial charge is 0.384 e. The van der Waals surface area contributed by atoms with Crippen LogP contribution >= 0.6 is 11.8 Å². The Bertz CT molecular complexity index is 1240.